The van der Waals surface area contributed by atoms with Crippen molar-refractivity contribution in [3.63, 3.8) is 0 Å². The smallest absolute Gasteiger partial charge is 0.259 e. The summed E-state index contributed by atoms with van der Waals surface area (Å²) in [6.45, 7) is 0.709. The van der Waals surface area contributed by atoms with Crippen LogP contribution < -0.4 is 19.5 Å². The van der Waals surface area contributed by atoms with Gasteiger partial charge in [0, 0.05) is 0 Å². The van der Waals surface area contributed by atoms with Gasteiger partial charge in [-0.05, 0) is 36.4 Å². The molecule has 0 saturated heterocycles. The summed E-state index contributed by atoms with van der Waals surface area (Å²) >= 11 is 0. The van der Waals surface area contributed by atoms with Crippen LogP contribution in [0.4, 0.5) is 5.69 Å². The third-order valence-electron chi connectivity index (χ3n) is 3.84. The fourth-order valence-electron chi connectivity index (χ4n) is 2.55. The van der Waals surface area contributed by atoms with Gasteiger partial charge in [-0.2, -0.15) is 0 Å². The number of carbonyl (C=O) groups excluding carboxylic acids is 1. The molecule has 1 amide bonds. The highest BCUT2D eigenvalue weighted by atomic mass is 16.5. The van der Waals surface area contributed by atoms with Crippen molar-refractivity contribution in [2.75, 3.05) is 25.6 Å². The molecular weight excluding hydrogens is 342 g/mol. The Morgan fingerprint density at radius 3 is 2.19 bits per heavy atom. The molecule has 0 saturated carbocycles. The van der Waals surface area contributed by atoms with Crippen LogP contribution in [-0.2, 0) is 0 Å². The molecule has 0 spiro atoms. The third kappa shape index (κ3) is 5.01. The van der Waals surface area contributed by atoms with Gasteiger partial charge < -0.3 is 19.5 Å². The molecule has 0 aliphatic heterocycles. The number of benzene rings is 3. The van der Waals surface area contributed by atoms with Gasteiger partial charge in [-0.15, -0.1) is 0 Å². The van der Waals surface area contributed by atoms with E-state index in [2.05, 4.69) is 5.32 Å². The Bertz CT molecular complexity index is 880. The van der Waals surface area contributed by atoms with Gasteiger partial charge in [0.25, 0.3) is 5.91 Å². The van der Waals surface area contributed by atoms with Crippen LogP contribution in [0, 0.1) is 0 Å². The molecule has 1 N–H and O–H groups in total. The SMILES string of the molecule is COc1ccccc1NC(=O)c1ccccc1OCCOc1ccccc1. The van der Waals surface area contributed by atoms with E-state index in [-0.39, 0.29) is 5.91 Å². The summed E-state index contributed by atoms with van der Waals surface area (Å²) in [6.07, 6.45) is 0. The molecule has 0 aliphatic rings. The summed E-state index contributed by atoms with van der Waals surface area (Å²) in [5.74, 6) is 1.62. The van der Waals surface area contributed by atoms with E-state index in [4.69, 9.17) is 14.2 Å². The predicted octanol–water partition coefficient (Wildman–Crippen LogP) is 4.41. The Kier molecular flexibility index (Phi) is 6.30. The van der Waals surface area contributed by atoms with Gasteiger partial charge in [-0.3, -0.25) is 4.79 Å². The van der Waals surface area contributed by atoms with E-state index >= 15 is 0 Å². The number of anilines is 1. The largest absolute Gasteiger partial charge is 0.495 e. The van der Waals surface area contributed by atoms with Crippen molar-refractivity contribution < 1.29 is 19.0 Å². The molecule has 0 fully saturated rings. The van der Waals surface area contributed by atoms with Gasteiger partial charge in [0.15, 0.2) is 0 Å². The van der Waals surface area contributed by atoms with Crippen LogP contribution in [0.25, 0.3) is 0 Å². The maximum atomic E-state index is 12.7. The molecule has 138 valence electrons. The highest BCUT2D eigenvalue weighted by molar-refractivity contribution is 6.06. The van der Waals surface area contributed by atoms with Crippen molar-refractivity contribution in [3.8, 4) is 17.2 Å². The zero-order valence-electron chi connectivity index (χ0n) is 15.1. The van der Waals surface area contributed by atoms with Crippen LogP contribution in [0.5, 0.6) is 17.2 Å². The summed E-state index contributed by atoms with van der Waals surface area (Å²) in [5.41, 5.74) is 1.05. The van der Waals surface area contributed by atoms with Crippen LogP contribution in [0.15, 0.2) is 78.9 Å². The first-order valence-electron chi connectivity index (χ1n) is 8.62. The first-order chi connectivity index (χ1) is 13.3. The first-order valence-corrected chi connectivity index (χ1v) is 8.62. The number of hydrogen-bond donors (Lipinski definition) is 1. The maximum Gasteiger partial charge on any atom is 0.259 e. The molecule has 0 aromatic heterocycles. The van der Waals surface area contributed by atoms with Gasteiger partial charge in [-0.1, -0.05) is 42.5 Å². The van der Waals surface area contributed by atoms with Crippen molar-refractivity contribution >= 4 is 11.6 Å². The summed E-state index contributed by atoms with van der Waals surface area (Å²) in [5, 5.41) is 2.86. The lowest BCUT2D eigenvalue weighted by Gasteiger charge is -2.13. The Labute approximate surface area is 158 Å². The molecule has 27 heavy (non-hydrogen) atoms. The lowest BCUT2D eigenvalue weighted by Crippen LogP contribution is -2.16. The second-order valence-electron chi connectivity index (χ2n) is 5.66. The lowest BCUT2D eigenvalue weighted by atomic mass is 10.2. The molecule has 3 rings (SSSR count). The van der Waals surface area contributed by atoms with E-state index in [0.717, 1.165) is 5.75 Å². The van der Waals surface area contributed by atoms with E-state index in [1.54, 1.807) is 37.4 Å². The molecule has 0 heterocycles. The van der Waals surface area contributed by atoms with Crippen molar-refractivity contribution in [2.24, 2.45) is 0 Å². The van der Waals surface area contributed by atoms with Crippen molar-refractivity contribution in [1.29, 1.82) is 0 Å². The summed E-state index contributed by atoms with van der Waals surface area (Å²) in [4.78, 5) is 12.7. The number of methoxy groups -OCH3 is 1. The van der Waals surface area contributed by atoms with E-state index in [9.17, 15) is 4.79 Å². The fourth-order valence-corrected chi connectivity index (χ4v) is 2.55. The van der Waals surface area contributed by atoms with Gasteiger partial charge in [0.2, 0.25) is 0 Å². The van der Waals surface area contributed by atoms with Gasteiger partial charge in [-0.25, -0.2) is 0 Å². The van der Waals surface area contributed by atoms with Gasteiger partial charge in [0.1, 0.15) is 30.5 Å². The van der Waals surface area contributed by atoms with E-state index in [1.807, 2.05) is 48.5 Å². The standard InChI is InChI=1S/C22H21NO4/c1-25-21-14-8-6-12-19(21)23-22(24)18-11-5-7-13-20(18)27-16-15-26-17-9-3-2-4-10-17/h2-14H,15-16H2,1H3,(H,23,24). The summed E-state index contributed by atoms with van der Waals surface area (Å²) in [6, 6.07) is 23.9. The molecule has 0 unspecified atom stereocenters. The Morgan fingerprint density at radius 2 is 1.41 bits per heavy atom. The van der Waals surface area contributed by atoms with Crippen LogP contribution in [-0.4, -0.2) is 26.2 Å². The number of nitrogens with one attached hydrogen (secondary N) is 1. The van der Waals surface area contributed by atoms with Crippen LogP contribution in [0.1, 0.15) is 10.4 Å². The zero-order chi connectivity index (χ0) is 18.9. The average Bonchev–Trinajstić information content (AvgIpc) is 2.72. The average molecular weight is 363 g/mol. The lowest BCUT2D eigenvalue weighted by molar-refractivity contribution is 0.102. The maximum absolute atomic E-state index is 12.7. The second kappa shape index (κ2) is 9.29. The van der Waals surface area contributed by atoms with Crippen molar-refractivity contribution in [3.05, 3.63) is 84.4 Å². The Morgan fingerprint density at radius 1 is 0.778 bits per heavy atom. The molecule has 0 atom stereocenters. The molecule has 3 aromatic rings. The summed E-state index contributed by atoms with van der Waals surface area (Å²) < 4.78 is 16.6. The number of hydrogen-bond acceptors (Lipinski definition) is 4. The number of amides is 1. The van der Waals surface area contributed by atoms with E-state index in [0.29, 0.717) is 36.0 Å². The normalized spacial score (nSPS) is 10.1. The minimum absolute atomic E-state index is 0.265. The molecule has 0 aliphatic carbocycles. The van der Waals surface area contributed by atoms with Crippen LogP contribution in [0.3, 0.4) is 0 Å². The molecule has 0 bridgehead atoms. The number of rotatable bonds is 8. The molecule has 5 nitrogen and oxygen atoms in total. The Balaban J connectivity index is 1.62. The van der Waals surface area contributed by atoms with Crippen molar-refractivity contribution in [2.45, 2.75) is 0 Å². The molecule has 3 aromatic carbocycles. The zero-order valence-corrected chi connectivity index (χ0v) is 15.1. The minimum atomic E-state index is -0.265. The third-order valence-corrected chi connectivity index (χ3v) is 3.84. The Hall–Kier alpha value is -3.47. The number of carbonyl (C=O) groups is 1. The molecular formula is C22H21NO4. The van der Waals surface area contributed by atoms with Gasteiger partial charge >= 0.3 is 0 Å². The number of ether oxygens (including phenoxy) is 3. The molecule has 5 heteroatoms. The van der Waals surface area contributed by atoms with E-state index in [1.165, 1.54) is 0 Å². The highest BCUT2D eigenvalue weighted by Crippen LogP contribution is 2.25. The fraction of sp³-hybridized carbons (Fsp3) is 0.136. The summed E-state index contributed by atoms with van der Waals surface area (Å²) in [7, 11) is 1.56. The monoisotopic (exact) mass is 363 g/mol. The highest BCUT2D eigenvalue weighted by Gasteiger charge is 2.14. The predicted molar refractivity (Wildman–Crippen MR) is 105 cm³/mol. The van der Waals surface area contributed by atoms with Crippen LogP contribution in [0.2, 0.25) is 0 Å². The number of para-hydroxylation sites is 4. The van der Waals surface area contributed by atoms with E-state index < -0.39 is 0 Å². The van der Waals surface area contributed by atoms with Crippen molar-refractivity contribution in [1.82, 2.24) is 0 Å². The van der Waals surface area contributed by atoms with Gasteiger partial charge in [0.05, 0.1) is 18.4 Å². The topological polar surface area (TPSA) is 56.8 Å². The first kappa shape index (κ1) is 18.3. The minimum Gasteiger partial charge on any atom is -0.495 e. The second-order valence-corrected chi connectivity index (χ2v) is 5.66. The molecule has 0 radical (unpaired) electrons. The van der Waals surface area contributed by atoms with Crippen LogP contribution >= 0.6 is 0 Å². The quantitative estimate of drug-likeness (QED) is 0.603.